The number of amides is 1. The number of halogens is 1. The minimum Gasteiger partial charge on any atom is -0.468 e. The number of fused-ring (bicyclic) bond motifs is 1. The number of hydrogen-bond acceptors (Lipinski definition) is 6. The van der Waals surface area contributed by atoms with Crippen molar-refractivity contribution in [2.45, 2.75) is 24.9 Å². The van der Waals surface area contributed by atoms with Crippen LogP contribution >= 0.6 is 11.6 Å². The first-order valence-electron chi connectivity index (χ1n) is 8.50. The summed E-state index contributed by atoms with van der Waals surface area (Å²) in [6.45, 7) is 1.39. The van der Waals surface area contributed by atoms with E-state index in [1.54, 1.807) is 36.4 Å². The zero-order valence-electron chi connectivity index (χ0n) is 15.3. The Morgan fingerprint density at radius 3 is 2.43 bits per heavy atom. The number of benzene rings is 1. The molecule has 2 aliphatic rings. The predicted octanol–water partition coefficient (Wildman–Crippen LogP) is 1.69. The van der Waals surface area contributed by atoms with Gasteiger partial charge in [-0.2, -0.15) is 5.26 Å². The molecule has 0 bridgehead atoms. The minimum absolute atomic E-state index is 0.214. The number of carbonyl (C=O) groups is 3. The third kappa shape index (κ3) is 2.77. The average Bonchev–Trinajstić information content (AvgIpc) is 2.98. The molecule has 3 rings (SSSR count). The van der Waals surface area contributed by atoms with Crippen LogP contribution < -0.4 is 5.73 Å². The zero-order chi connectivity index (χ0) is 20.6. The summed E-state index contributed by atoms with van der Waals surface area (Å²) in [5.74, 6) is -2.64. The second kappa shape index (κ2) is 7.13. The van der Waals surface area contributed by atoms with Crippen LogP contribution in [0.1, 0.15) is 18.4 Å². The Morgan fingerprint density at radius 1 is 1.29 bits per heavy atom. The van der Waals surface area contributed by atoms with Crippen molar-refractivity contribution in [1.82, 2.24) is 4.90 Å². The summed E-state index contributed by atoms with van der Waals surface area (Å²) < 4.78 is 4.97. The van der Waals surface area contributed by atoms with Gasteiger partial charge in [-0.25, -0.2) is 0 Å². The average molecular weight is 400 g/mol. The number of nitrogens with two attached hydrogens (primary N) is 1. The fourth-order valence-electron chi connectivity index (χ4n) is 4.06. The number of hydrogen-bond donors (Lipinski definition) is 1. The highest BCUT2D eigenvalue weighted by atomic mass is 35.5. The molecular weight excluding hydrogens is 382 g/mol. The SMILES string of the molecule is COC(=O)[C@@]1(C#N)[C@@H]2C=CC(C(C)=O)=CN2[C@@H](C(N)=O)[C@@H]1c1ccc(Cl)cc1. The van der Waals surface area contributed by atoms with Crippen LogP contribution in [0.2, 0.25) is 5.02 Å². The Balaban J connectivity index is 2.29. The molecule has 8 heteroatoms. The Bertz CT molecular complexity index is 947. The number of primary amides is 1. The quantitative estimate of drug-likeness (QED) is 0.770. The highest BCUT2D eigenvalue weighted by Crippen LogP contribution is 2.53. The fourth-order valence-corrected chi connectivity index (χ4v) is 4.18. The van der Waals surface area contributed by atoms with Crippen LogP contribution in [0.15, 0.2) is 48.2 Å². The van der Waals surface area contributed by atoms with Crippen LogP contribution in [0.3, 0.4) is 0 Å². The molecule has 0 spiro atoms. The van der Waals surface area contributed by atoms with Crippen molar-refractivity contribution in [1.29, 1.82) is 5.26 Å². The van der Waals surface area contributed by atoms with Gasteiger partial charge < -0.3 is 15.4 Å². The van der Waals surface area contributed by atoms with E-state index in [1.807, 2.05) is 0 Å². The van der Waals surface area contributed by atoms with Gasteiger partial charge >= 0.3 is 5.97 Å². The van der Waals surface area contributed by atoms with Crippen LogP contribution in [-0.2, 0) is 19.1 Å². The summed E-state index contributed by atoms with van der Waals surface area (Å²) in [7, 11) is 1.19. The molecule has 0 saturated carbocycles. The number of carbonyl (C=O) groups excluding carboxylic acids is 3. The molecule has 7 nitrogen and oxygen atoms in total. The van der Waals surface area contributed by atoms with E-state index in [4.69, 9.17) is 22.1 Å². The Kier molecular flexibility index (Phi) is 5.01. The minimum atomic E-state index is -1.74. The molecule has 0 unspecified atom stereocenters. The maximum absolute atomic E-state index is 12.9. The molecular formula is C20H18ClN3O4. The van der Waals surface area contributed by atoms with Crippen LogP contribution in [0, 0.1) is 16.7 Å². The Morgan fingerprint density at radius 2 is 1.93 bits per heavy atom. The lowest BCUT2D eigenvalue weighted by Crippen LogP contribution is -2.45. The normalized spacial score (nSPS) is 28.1. The Labute approximate surface area is 167 Å². The zero-order valence-corrected chi connectivity index (χ0v) is 16.0. The molecule has 1 aromatic carbocycles. The monoisotopic (exact) mass is 399 g/mol. The lowest BCUT2D eigenvalue weighted by molar-refractivity contribution is -0.150. The number of methoxy groups -OCH3 is 1. The van der Waals surface area contributed by atoms with E-state index in [0.29, 0.717) is 16.2 Å². The number of ketones is 1. The number of Topliss-reactive ketones (excluding diaryl/α,β-unsaturated/α-hetero) is 1. The van der Waals surface area contributed by atoms with E-state index in [0.717, 1.165) is 0 Å². The molecule has 1 saturated heterocycles. The molecule has 28 heavy (non-hydrogen) atoms. The van der Waals surface area contributed by atoms with E-state index in [-0.39, 0.29) is 5.78 Å². The first-order valence-corrected chi connectivity index (χ1v) is 8.88. The van der Waals surface area contributed by atoms with Crippen LogP contribution in [0.25, 0.3) is 0 Å². The van der Waals surface area contributed by atoms with Crippen molar-refractivity contribution in [3.63, 3.8) is 0 Å². The summed E-state index contributed by atoms with van der Waals surface area (Å²) in [5.41, 5.74) is 4.84. The van der Waals surface area contributed by atoms with Gasteiger partial charge in [-0.1, -0.05) is 35.9 Å². The number of nitriles is 1. The number of esters is 1. The molecule has 2 heterocycles. The van der Waals surface area contributed by atoms with Crippen molar-refractivity contribution in [3.8, 4) is 6.07 Å². The van der Waals surface area contributed by atoms with Gasteiger partial charge in [0.2, 0.25) is 5.91 Å². The summed E-state index contributed by atoms with van der Waals surface area (Å²) in [6, 6.07) is 6.75. The molecule has 0 aliphatic carbocycles. The molecule has 1 fully saturated rings. The first-order chi connectivity index (χ1) is 13.3. The number of nitrogens with zero attached hydrogens (tertiary/aromatic N) is 2. The molecule has 0 radical (unpaired) electrons. The summed E-state index contributed by atoms with van der Waals surface area (Å²) in [6.07, 6.45) is 4.59. The van der Waals surface area contributed by atoms with Crippen LogP contribution in [-0.4, -0.2) is 41.8 Å². The summed E-state index contributed by atoms with van der Waals surface area (Å²) in [5, 5.41) is 10.6. The maximum atomic E-state index is 12.9. The van der Waals surface area contributed by atoms with Crippen LogP contribution in [0.5, 0.6) is 0 Å². The third-order valence-corrected chi connectivity index (χ3v) is 5.55. The van der Waals surface area contributed by atoms with Crippen molar-refractivity contribution in [3.05, 3.63) is 58.8 Å². The number of rotatable bonds is 4. The Hall–Kier alpha value is -3.11. The van der Waals surface area contributed by atoms with E-state index >= 15 is 0 Å². The van der Waals surface area contributed by atoms with E-state index in [1.165, 1.54) is 25.1 Å². The van der Waals surface area contributed by atoms with Crippen molar-refractivity contribution >= 4 is 29.3 Å². The molecule has 4 atom stereocenters. The van der Waals surface area contributed by atoms with Gasteiger partial charge in [0.25, 0.3) is 0 Å². The number of ether oxygens (including phenoxy) is 1. The first kappa shape index (κ1) is 19.6. The third-order valence-electron chi connectivity index (χ3n) is 5.30. The lowest BCUT2D eigenvalue weighted by atomic mass is 9.68. The van der Waals surface area contributed by atoms with Gasteiger partial charge in [0, 0.05) is 22.7 Å². The molecule has 1 amide bonds. The molecule has 2 aliphatic heterocycles. The molecule has 144 valence electrons. The molecule has 2 N–H and O–H groups in total. The fraction of sp³-hybridized carbons (Fsp3) is 0.300. The van der Waals surface area contributed by atoms with Crippen molar-refractivity contribution < 1.29 is 19.1 Å². The summed E-state index contributed by atoms with van der Waals surface area (Å²) in [4.78, 5) is 38.7. The predicted molar refractivity (Wildman–Crippen MR) is 101 cm³/mol. The highest BCUT2D eigenvalue weighted by molar-refractivity contribution is 6.30. The maximum Gasteiger partial charge on any atom is 0.329 e. The van der Waals surface area contributed by atoms with Gasteiger partial charge in [-0.3, -0.25) is 14.4 Å². The standard InChI is InChI=1S/C20H18ClN3O4/c1-11(25)13-5-8-15-20(10-22,19(27)28-2)16(12-3-6-14(21)7-4-12)17(18(23)26)24(15)9-13/h3-9,15-17H,1-2H3,(H2,23,26)/t15-,16-,17+,20-/m0/s1. The highest BCUT2D eigenvalue weighted by Gasteiger charge is 2.66. The van der Waals surface area contributed by atoms with E-state index in [2.05, 4.69) is 6.07 Å². The van der Waals surface area contributed by atoms with Gasteiger partial charge in [0.05, 0.1) is 19.2 Å². The second-order valence-corrected chi connectivity index (χ2v) is 7.18. The second-order valence-electron chi connectivity index (χ2n) is 6.74. The van der Waals surface area contributed by atoms with E-state index in [9.17, 15) is 19.6 Å². The topological polar surface area (TPSA) is 113 Å². The van der Waals surface area contributed by atoms with Crippen molar-refractivity contribution in [2.24, 2.45) is 11.1 Å². The largest absolute Gasteiger partial charge is 0.468 e. The van der Waals surface area contributed by atoms with Gasteiger partial charge in [0.15, 0.2) is 11.2 Å². The van der Waals surface area contributed by atoms with Gasteiger partial charge in [-0.05, 0) is 24.6 Å². The van der Waals surface area contributed by atoms with Gasteiger partial charge in [0.1, 0.15) is 6.04 Å². The lowest BCUT2D eigenvalue weighted by Gasteiger charge is -2.32. The van der Waals surface area contributed by atoms with Crippen LogP contribution in [0.4, 0.5) is 0 Å². The smallest absolute Gasteiger partial charge is 0.329 e. The van der Waals surface area contributed by atoms with E-state index < -0.39 is 35.3 Å². The number of allylic oxidation sites excluding steroid dienone is 2. The molecule has 0 aromatic heterocycles. The van der Waals surface area contributed by atoms with Gasteiger partial charge in [-0.15, -0.1) is 0 Å². The summed E-state index contributed by atoms with van der Waals surface area (Å²) >= 11 is 5.97. The molecule has 1 aromatic rings. The van der Waals surface area contributed by atoms with Crippen molar-refractivity contribution in [2.75, 3.05) is 7.11 Å².